The molecule has 0 atom stereocenters. The van der Waals surface area contributed by atoms with Crippen LogP contribution in [0.1, 0.15) is 17.5 Å². The first kappa shape index (κ1) is 14.5. The van der Waals surface area contributed by atoms with Crippen LogP contribution in [-0.2, 0) is 16.0 Å². The Labute approximate surface area is 122 Å². The highest BCUT2D eigenvalue weighted by Gasteiger charge is 2.22. The molecular formula is C14H15NO4S. The van der Waals surface area contributed by atoms with Crippen molar-refractivity contribution in [2.45, 2.75) is 19.8 Å². The van der Waals surface area contributed by atoms with E-state index >= 15 is 0 Å². The molecule has 0 saturated carbocycles. The zero-order chi connectivity index (χ0) is 14.5. The van der Waals surface area contributed by atoms with Crippen LogP contribution >= 0.6 is 12.2 Å². The Morgan fingerprint density at radius 3 is 3.10 bits per heavy atom. The van der Waals surface area contributed by atoms with Crippen molar-refractivity contribution in [3.05, 3.63) is 17.2 Å². The van der Waals surface area contributed by atoms with Crippen LogP contribution in [0.15, 0.2) is 11.1 Å². The summed E-state index contributed by atoms with van der Waals surface area (Å²) in [4.78, 5) is 15.2. The third-order valence-corrected chi connectivity index (χ3v) is 3.13. The van der Waals surface area contributed by atoms with Gasteiger partial charge in [-0.2, -0.15) is 4.99 Å². The zero-order valence-electron chi connectivity index (χ0n) is 11.4. The molecular weight excluding hydrogens is 278 g/mol. The molecule has 20 heavy (non-hydrogen) atoms. The minimum Gasteiger partial charge on any atom is -0.491 e. The number of fused-ring (bicyclic) bond motifs is 1. The van der Waals surface area contributed by atoms with Gasteiger partial charge >= 0.3 is 5.97 Å². The minimum atomic E-state index is -0.420. The Morgan fingerprint density at radius 2 is 2.40 bits per heavy atom. The second-order valence-corrected chi connectivity index (χ2v) is 4.55. The Kier molecular flexibility index (Phi) is 4.71. The number of rotatable bonds is 4. The van der Waals surface area contributed by atoms with Crippen LogP contribution in [0.2, 0.25) is 0 Å². The SMILES string of the molecule is COC(=O)COc1c(C)cc(N=C=S)c2c1CCCO2. The Morgan fingerprint density at radius 1 is 1.60 bits per heavy atom. The van der Waals surface area contributed by atoms with Crippen molar-refractivity contribution in [1.29, 1.82) is 0 Å². The molecule has 1 heterocycles. The van der Waals surface area contributed by atoms with Crippen LogP contribution in [-0.4, -0.2) is 31.5 Å². The molecule has 0 amide bonds. The molecule has 1 aliphatic rings. The summed E-state index contributed by atoms with van der Waals surface area (Å²) in [6, 6.07) is 1.82. The number of carbonyl (C=O) groups is 1. The van der Waals surface area contributed by atoms with E-state index in [2.05, 4.69) is 27.1 Å². The van der Waals surface area contributed by atoms with Gasteiger partial charge in [0, 0.05) is 5.56 Å². The molecule has 0 spiro atoms. The van der Waals surface area contributed by atoms with Gasteiger partial charge in [0.1, 0.15) is 11.4 Å². The fourth-order valence-electron chi connectivity index (χ4n) is 2.17. The molecule has 0 radical (unpaired) electrons. The van der Waals surface area contributed by atoms with Crippen LogP contribution < -0.4 is 9.47 Å². The topological polar surface area (TPSA) is 57.1 Å². The van der Waals surface area contributed by atoms with E-state index in [0.717, 1.165) is 24.0 Å². The lowest BCUT2D eigenvalue weighted by Crippen LogP contribution is -2.16. The minimum absolute atomic E-state index is 0.125. The van der Waals surface area contributed by atoms with Gasteiger partial charge in [-0.3, -0.25) is 0 Å². The van der Waals surface area contributed by atoms with E-state index in [1.165, 1.54) is 7.11 Å². The molecule has 0 aliphatic carbocycles. The molecule has 1 aliphatic heterocycles. The number of isothiocyanates is 1. The average Bonchev–Trinajstić information content (AvgIpc) is 2.46. The van der Waals surface area contributed by atoms with Crippen molar-refractivity contribution in [1.82, 2.24) is 0 Å². The fraction of sp³-hybridized carbons (Fsp3) is 0.429. The number of ether oxygens (including phenoxy) is 3. The van der Waals surface area contributed by atoms with Gasteiger partial charge in [-0.15, -0.1) is 0 Å². The number of esters is 1. The largest absolute Gasteiger partial charge is 0.491 e. The maximum atomic E-state index is 11.2. The van der Waals surface area contributed by atoms with Gasteiger partial charge < -0.3 is 14.2 Å². The molecule has 0 unspecified atom stereocenters. The summed E-state index contributed by atoms with van der Waals surface area (Å²) in [6.45, 7) is 2.40. The molecule has 0 bridgehead atoms. The van der Waals surface area contributed by atoms with Gasteiger partial charge in [-0.25, -0.2) is 4.79 Å². The summed E-state index contributed by atoms with van der Waals surface area (Å²) < 4.78 is 15.8. The summed E-state index contributed by atoms with van der Waals surface area (Å²) >= 11 is 4.65. The molecule has 1 aromatic carbocycles. The second kappa shape index (κ2) is 6.50. The van der Waals surface area contributed by atoms with Gasteiger partial charge in [0.05, 0.1) is 18.9 Å². The lowest BCUT2D eigenvalue weighted by molar-refractivity contribution is -0.142. The monoisotopic (exact) mass is 293 g/mol. The Balaban J connectivity index is 2.41. The van der Waals surface area contributed by atoms with Crippen molar-refractivity contribution in [3.63, 3.8) is 0 Å². The molecule has 106 valence electrons. The first-order valence-corrected chi connectivity index (χ1v) is 6.65. The number of benzene rings is 1. The van der Waals surface area contributed by atoms with Gasteiger partial charge in [0.25, 0.3) is 0 Å². The van der Waals surface area contributed by atoms with Gasteiger partial charge in [0.15, 0.2) is 12.4 Å². The average molecular weight is 293 g/mol. The lowest BCUT2D eigenvalue weighted by atomic mass is 10.0. The summed E-state index contributed by atoms with van der Waals surface area (Å²) in [7, 11) is 1.33. The van der Waals surface area contributed by atoms with Crippen LogP contribution in [0.25, 0.3) is 0 Å². The fourth-order valence-corrected chi connectivity index (χ4v) is 2.26. The van der Waals surface area contributed by atoms with E-state index in [1.54, 1.807) is 0 Å². The van der Waals surface area contributed by atoms with Crippen molar-refractivity contribution >= 4 is 29.0 Å². The molecule has 6 heteroatoms. The van der Waals surface area contributed by atoms with E-state index in [-0.39, 0.29) is 6.61 Å². The van der Waals surface area contributed by atoms with Crippen molar-refractivity contribution in [2.75, 3.05) is 20.3 Å². The highest BCUT2D eigenvalue weighted by Crippen LogP contribution is 2.43. The zero-order valence-corrected chi connectivity index (χ0v) is 12.2. The van der Waals surface area contributed by atoms with Crippen LogP contribution in [0.5, 0.6) is 11.5 Å². The number of nitrogens with zero attached hydrogens (tertiary/aromatic N) is 1. The second-order valence-electron chi connectivity index (χ2n) is 4.37. The smallest absolute Gasteiger partial charge is 0.343 e. The van der Waals surface area contributed by atoms with Gasteiger partial charge in [-0.1, -0.05) is 0 Å². The number of aliphatic imine (C=N–C) groups is 1. The van der Waals surface area contributed by atoms with Crippen LogP contribution in [0.3, 0.4) is 0 Å². The van der Waals surface area contributed by atoms with Crippen LogP contribution in [0.4, 0.5) is 5.69 Å². The summed E-state index contributed by atoms with van der Waals surface area (Å²) in [5, 5.41) is 2.35. The highest BCUT2D eigenvalue weighted by atomic mass is 32.1. The standard InChI is InChI=1S/C14H15NO4S/c1-9-6-11(15-8-20)14-10(4-3-5-18-14)13(9)19-7-12(16)17-2/h6H,3-5,7H2,1-2H3. The van der Waals surface area contributed by atoms with E-state index in [1.807, 2.05) is 13.0 Å². The number of hydrogen-bond acceptors (Lipinski definition) is 6. The summed E-state index contributed by atoms with van der Waals surface area (Å²) in [5.41, 5.74) is 2.45. The van der Waals surface area contributed by atoms with E-state index in [0.29, 0.717) is 23.8 Å². The molecule has 1 aromatic rings. The molecule has 2 rings (SSSR count). The lowest BCUT2D eigenvalue weighted by Gasteiger charge is -2.23. The quantitative estimate of drug-likeness (QED) is 0.485. The van der Waals surface area contributed by atoms with Gasteiger partial charge in [-0.05, 0) is 43.6 Å². The van der Waals surface area contributed by atoms with E-state index < -0.39 is 5.97 Å². The molecule has 0 N–H and O–H groups in total. The van der Waals surface area contributed by atoms with E-state index in [9.17, 15) is 4.79 Å². The number of carbonyl (C=O) groups excluding carboxylic acids is 1. The maximum absolute atomic E-state index is 11.2. The predicted octanol–water partition coefficient (Wildman–Crippen LogP) is 2.61. The first-order valence-electron chi connectivity index (χ1n) is 6.24. The highest BCUT2D eigenvalue weighted by molar-refractivity contribution is 7.78. The number of aryl methyl sites for hydroxylation is 1. The Bertz CT molecular complexity index is 579. The number of thiocarbonyl (C=S) groups is 1. The molecule has 0 aromatic heterocycles. The molecule has 0 fully saturated rings. The third-order valence-electron chi connectivity index (χ3n) is 3.04. The van der Waals surface area contributed by atoms with Crippen molar-refractivity contribution in [2.24, 2.45) is 4.99 Å². The van der Waals surface area contributed by atoms with Gasteiger partial charge in [0.2, 0.25) is 0 Å². The first-order chi connectivity index (χ1) is 9.67. The van der Waals surface area contributed by atoms with Crippen molar-refractivity contribution < 1.29 is 19.0 Å². The molecule has 5 nitrogen and oxygen atoms in total. The Hall–Kier alpha value is -1.91. The number of methoxy groups -OCH3 is 1. The number of hydrogen-bond donors (Lipinski definition) is 0. The van der Waals surface area contributed by atoms with E-state index in [4.69, 9.17) is 9.47 Å². The summed E-state index contributed by atoms with van der Waals surface area (Å²) in [6.07, 6.45) is 1.71. The summed E-state index contributed by atoms with van der Waals surface area (Å²) in [5.74, 6) is 0.906. The molecule has 0 saturated heterocycles. The normalized spacial score (nSPS) is 12.7. The van der Waals surface area contributed by atoms with Crippen molar-refractivity contribution in [3.8, 4) is 11.5 Å². The predicted molar refractivity (Wildman–Crippen MR) is 77.2 cm³/mol. The maximum Gasteiger partial charge on any atom is 0.343 e. The third kappa shape index (κ3) is 2.98. The van der Waals surface area contributed by atoms with Crippen LogP contribution in [0, 0.1) is 6.92 Å².